The summed E-state index contributed by atoms with van der Waals surface area (Å²) in [6.07, 6.45) is 4.57. The van der Waals surface area contributed by atoms with Crippen molar-refractivity contribution < 1.29 is 4.79 Å². The monoisotopic (exact) mass is 298 g/mol. The van der Waals surface area contributed by atoms with E-state index in [4.69, 9.17) is 17.3 Å². The van der Waals surface area contributed by atoms with E-state index in [1.165, 1.54) is 0 Å². The molecule has 20 heavy (non-hydrogen) atoms. The molecule has 0 atom stereocenters. The number of imidazole rings is 1. The van der Waals surface area contributed by atoms with Gasteiger partial charge in [0.1, 0.15) is 11.0 Å². The van der Waals surface area contributed by atoms with Gasteiger partial charge in [0, 0.05) is 38.0 Å². The van der Waals surface area contributed by atoms with Crippen LogP contribution in [0.15, 0.2) is 6.20 Å². The van der Waals surface area contributed by atoms with Crippen molar-refractivity contribution >= 4 is 17.5 Å². The topological polar surface area (TPSA) is 64.2 Å². The fourth-order valence-corrected chi connectivity index (χ4v) is 2.97. The lowest BCUT2D eigenvalue weighted by Crippen LogP contribution is -2.42. The Kier molecular flexibility index (Phi) is 5.05. The SMILES string of the molecule is CC(C)n1c(Cl)cnc1CCC(=O)N1CCC(N)CC1. The molecule has 112 valence electrons. The fourth-order valence-electron chi connectivity index (χ4n) is 2.63. The van der Waals surface area contributed by atoms with Gasteiger partial charge in [0.05, 0.1) is 6.20 Å². The van der Waals surface area contributed by atoms with Crippen LogP contribution < -0.4 is 5.73 Å². The van der Waals surface area contributed by atoms with Crippen LogP contribution >= 0.6 is 11.6 Å². The minimum Gasteiger partial charge on any atom is -0.343 e. The van der Waals surface area contributed by atoms with Crippen molar-refractivity contribution in [3.8, 4) is 0 Å². The largest absolute Gasteiger partial charge is 0.343 e. The van der Waals surface area contributed by atoms with Crippen molar-refractivity contribution in [2.24, 2.45) is 5.73 Å². The molecule has 1 amide bonds. The molecule has 0 bridgehead atoms. The van der Waals surface area contributed by atoms with E-state index >= 15 is 0 Å². The summed E-state index contributed by atoms with van der Waals surface area (Å²) in [5.41, 5.74) is 5.85. The highest BCUT2D eigenvalue weighted by molar-refractivity contribution is 6.29. The smallest absolute Gasteiger partial charge is 0.223 e. The third-order valence-corrected chi connectivity index (χ3v) is 4.08. The molecule has 1 aliphatic heterocycles. The number of carbonyl (C=O) groups is 1. The number of nitrogens with two attached hydrogens (primary N) is 1. The van der Waals surface area contributed by atoms with Gasteiger partial charge >= 0.3 is 0 Å². The first-order valence-corrected chi connectivity index (χ1v) is 7.61. The van der Waals surface area contributed by atoms with Crippen molar-refractivity contribution in [1.82, 2.24) is 14.5 Å². The van der Waals surface area contributed by atoms with Gasteiger partial charge in [-0.2, -0.15) is 0 Å². The van der Waals surface area contributed by atoms with E-state index in [1.54, 1.807) is 6.20 Å². The van der Waals surface area contributed by atoms with Gasteiger partial charge in [-0.1, -0.05) is 11.6 Å². The summed E-state index contributed by atoms with van der Waals surface area (Å²) < 4.78 is 1.97. The van der Waals surface area contributed by atoms with E-state index in [0.29, 0.717) is 18.0 Å². The van der Waals surface area contributed by atoms with Crippen molar-refractivity contribution in [2.45, 2.75) is 51.6 Å². The quantitative estimate of drug-likeness (QED) is 0.924. The highest BCUT2D eigenvalue weighted by atomic mass is 35.5. The zero-order chi connectivity index (χ0) is 14.7. The standard InChI is InChI=1S/C14H23ClN4O/c1-10(2)19-12(15)9-17-13(19)3-4-14(20)18-7-5-11(16)6-8-18/h9-11H,3-8,16H2,1-2H3. The number of likely N-dealkylation sites (tertiary alicyclic amines) is 1. The van der Waals surface area contributed by atoms with Crippen molar-refractivity contribution in [1.29, 1.82) is 0 Å². The van der Waals surface area contributed by atoms with Gasteiger partial charge in [-0.25, -0.2) is 4.98 Å². The minimum atomic E-state index is 0.186. The summed E-state index contributed by atoms with van der Waals surface area (Å²) in [5.74, 6) is 1.07. The van der Waals surface area contributed by atoms with Crippen LogP contribution in [0.25, 0.3) is 0 Å². The molecule has 0 spiro atoms. The average molecular weight is 299 g/mol. The minimum absolute atomic E-state index is 0.186. The van der Waals surface area contributed by atoms with Crippen molar-refractivity contribution in [3.05, 3.63) is 17.2 Å². The molecule has 0 radical (unpaired) electrons. The number of piperidine rings is 1. The Morgan fingerprint density at radius 2 is 2.15 bits per heavy atom. The molecule has 6 heteroatoms. The zero-order valence-electron chi connectivity index (χ0n) is 12.2. The first-order chi connectivity index (χ1) is 9.49. The molecular formula is C14H23ClN4O. The number of aryl methyl sites for hydroxylation is 1. The van der Waals surface area contributed by atoms with E-state index in [0.717, 1.165) is 31.8 Å². The van der Waals surface area contributed by atoms with Gasteiger partial charge in [0.2, 0.25) is 5.91 Å². The van der Waals surface area contributed by atoms with Crippen LogP contribution in [0.4, 0.5) is 0 Å². The molecule has 1 saturated heterocycles. The molecule has 0 aromatic carbocycles. The number of nitrogens with zero attached hydrogens (tertiary/aromatic N) is 3. The van der Waals surface area contributed by atoms with E-state index in [1.807, 2.05) is 9.47 Å². The second-order valence-corrected chi connectivity index (χ2v) is 6.07. The van der Waals surface area contributed by atoms with Crippen LogP contribution in [0.1, 0.15) is 45.0 Å². The predicted octanol–water partition coefficient (Wildman–Crippen LogP) is 2.00. The third kappa shape index (κ3) is 3.52. The first kappa shape index (κ1) is 15.3. The summed E-state index contributed by atoms with van der Waals surface area (Å²) >= 11 is 6.11. The number of rotatable bonds is 4. The van der Waals surface area contributed by atoms with E-state index in [9.17, 15) is 4.79 Å². The van der Waals surface area contributed by atoms with Gasteiger partial charge < -0.3 is 15.2 Å². The Bertz CT molecular complexity index is 464. The fraction of sp³-hybridized carbons (Fsp3) is 0.714. The average Bonchev–Trinajstić information content (AvgIpc) is 2.78. The third-order valence-electron chi connectivity index (χ3n) is 3.80. The van der Waals surface area contributed by atoms with Crippen LogP contribution in [-0.4, -0.2) is 39.5 Å². The first-order valence-electron chi connectivity index (χ1n) is 7.24. The number of aromatic nitrogens is 2. The lowest BCUT2D eigenvalue weighted by Gasteiger charge is -2.30. The summed E-state index contributed by atoms with van der Waals surface area (Å²) in [5, 5.41) is 0.631. The molecule has 2 heterocycles. The second-order valence-electron chi connectivity index (χ2n) is 5.68. The summed E-state index contributed by atoms with van der Waals surface area (Å²) in [4.78, 5) is 18.4. The molecule has 2 rings (SSSR count). The molecule has 2 N–H and O–H groups in total. The van der Waals surface area contributed by atoms with Crippen LogP contribution in [0, 0.1) is 0 Å². The summed E-state index contributed by atoms with van der Waals surface area (Å²) in [6.45, 7) is 5.68. The number of amides is 1. The molecule has 1 aromatic rings. The molecule has 0 aliphatic carbocycles. The molecule has 5 nitrogen and oxygen atoms in total. The van der Waals surface area contributed by atoms with Gasteiger partial charge in [-0.3, -0.25) is 4.79 Å². The highest BCUT2D eigenvalue weighted by Crippen LogP contribution is 2.19. The van der Waals surface area contributed by atoms with Gasteiger partial charge in [0.15, 0.2) is 0 Å². The Morgan fingerprint density at radius 1 is 1.50 bits per heavy atom. The van der Waals surface area contributed by atoms with E-state index in [2.05, 4.69) is 18.8 Å². The van der Waals surface area contributed by atoms with Crippen molar-refractivity contribution in [2.75, 3.05) is 13.1 Å². The van der Waals surface area contributed by atoms with Crippen LogP contribution in [-0.2, 0) is 11.2 Å². The molecule has 1 aromatic heterocycles. The second kappa shape index (κ2) is 6.59. The number of hydrogen-bond acceptors (Lipinski definition) is 3. The maximum atomic E-state index is 12.2. The molecule has 1 aliphatic rings. The maximum Gasteiger partial charge on any atom is 0.223 e. The van der Waals surface area contributed by atoms with Crippen molar-refractivity contribution in [3.63, 3.8) is 0 Å². The number of hydrogen-bond donors (Lipinski definition) is 1. The van der Waals surface area contributed by atoms with Crippen LogP contribution in [0.3, 0.4) is 0 Å². The molecular weight excluding hydrogens is 276 g/mol. The van der Waals surface area contributed by atoms with Crippen LogP contribution in [0.5, 0.6) is 0 Å². The van der Waals surface area contributed by atoms with Gasteiger partial charge in [-0.15, -0.1) is 0 Å². The lowest BCUT2D eigenvalue weighted by molar-refractivity contribution is -0.132. The van der Waals surface area contributed by atoms with E-state index in [-0.39, 0.29) is 18.0 Å². The summed E-state index contributed by atoms with van der Waals surface area (Å²) in [7, 11) is 0. The Labute approximate surface area is 125 Å². The Morgan fingerprint density at radius 3 is 2.75 bits per heavy atom. The van der Waals surface area contributed by atoms with Gasteiger partial charge in [-0.05, 0) is 26.7 Å². The number of halogens is 1. The Balaban J connectivity index is 1.90. The van der Waals surface area contributed by atoms with Crippen LogP contribution in [0.2, 0.25) is 5.15 Å². The maximum absolute atomic E-state index is 12.2. The summed E-state index contributed by atoms with van der Waals surface area (Å²) in [6, 6.07) is 0.501. The van der Waals surface area contributed by atoms with E-state index < -0.39 is 0 Å². The molecule has 0 saturated carbocycles. The number of carbonyl (C=O) groups excluding carboxylic acids is 1. The lowest BCUT2D eigenvalue weighted by atomic mass is 10.1. The zero-order valence-corrected chi connectivity index (χ0v) is 12.9. The predicted molar refractivity (Wildman–Crippen MR) is 79.7 cm³/mol. The molecule has 0 unspecified atom stereocenters. The normalized spacial score (nSPS) is 16.9. The molecule has 1 fully saturated rings. The Hall–Kier alpha value is -1.07. The van der Waals surface area contributed by atoms with Gasteiger partial charge in [0.25, 0.3) is 0 Å². The highest BCUT2D eigenvalue weighted by Gasteiger charge is 2.21.